The number of carbonyl (C=O) groups excluding carboxylic acids is 1. The minimum atomic E-state index is -1.08. The van der Waals surface area contributed by atoms with E-state index in [0.717, 1.165) is 32.5 Å². The van der Waals surface area contributed by atoms with Crippen LogP contribution in [-0.4, -0.2) is 10.9 Å². The first-order valence-corrected chi connectivity index (χ1v) is 8.84. The van der Waals surface area contributed by atoms with Gasteiger partial charge < -0.3 is 5.11 Å². The Labute approximate surface area is 147 Å². The third-order valence-electron chi connectivity index (χ3n) is 6.22. The van der Waals surface area contributed by atoms with Crippen LogP contribution in [0, 0.1) is 0 Å². The fourth-order valence-corrected chi connectivity index (χ4v) is 5.13. The summed E-state index contributed by atoms with van der Waals surface area (Å²) < 4.78 is 0. The van der Waals surface area contributed by atoms with Crippen molar-refractivity contribution in [3.8, 4) is 0 Å². The molecule has 0 amide bonds. The molecule has 26 heavy (non-hydrogen) atoms. The van der Waals surface area contributed by atoms with Crippen molar-refractivity contribution in [2.75, 3.05) is 0 Å². The molecule has 0 bridgehead atoms. The van der Waals surface area contributed by atoms with Crippen LogP contribution in [0.2, 0.25) is 0 Å². The molecule has 0 saturated heterocycles. The Morgan fingerprint density at radius 2 is 0.962 bits per heavy atom. The van der Waals surface area contributed by atoms with Gasteiger partial charge >= 0.3 is 0 Å². The van der Waals surface area contributed by atoms with Crippen LogP contribution < -0.4 is 0 Å². The van der Waals surface area contributed by atoms with Gasteiger partial charge in [-0.1, -0.05) is 60.7 Å². The van der Waals surface area contributed by atoms with Gasteiger partial charge in [0.05, 0.1) is 0 Å². The van der Waals surface area contributed by atoms with Gasteiger partial charge in [-0.15, -0.1) is 0 Å². The molecule has 120 valence electrons. The summed E-state index contributed by atoms with van der Waals surface area (Å²) in [6, 6.07) is 20.8. The van der Waals surface area contributed by atoms with E-state index < -0.39 is 6.10 Å². The van der Waals surface area contributed by atoms with Gasteiger partial charge in [0.25, 0.3) is 0 Å². The summed E-state index contributed by atoms with van der Waals surface area (Å²) in [5.41, 5.74) is 1.38. The molecule has 0 aromatic heterocycles. The molecule has 0 saturated carbocycles. The van der Waals surface area contributed by atoms with Gasteiger partial charge in [0, 0.05) is 10.9 Å². The monoisotopic (exact) mass is 332 g/mol. The maximum atomic E-state index is 12.9. The normalized spacial score (nSPS) is 17.1. The highest BCUT2D eigenvalue weighted by Gasteiger charge is 2.32. The first kappa shape index (κ1) is 13.0. The van der Waals surface area contributed by atoms with Crippen molar-refractivity contribution in [2.24, 2.45) is 0 Å². The van der Waals surface area contributed by atoms with Crippen LogP contribution in [0.25, 0.3) is 53.9 Å². The molecule has 1 aliphatic rings. The van der Waals surface area contributed by atoms with Crippen molar-refractivity contribution in [1.82, 2.24) is 0 Å². The van der Waals surface area contributed by atoms with Crippen LogP contribution in [0.1, 0.15) is 22.0 Å². The van der Waals surface area contributed by atoms with E-state index in [1.165, 1.54) is 26.9 Å². The molecule has 0 radical (unpaired) electrons. The van der Waals surface area contributed by atoms with E-state index >= 15 is 0 Å². The number of ketones is 1. The highest BCUT2D eigenvalue weighted by Crippen LogP contribution is 2.49. The van der Waals surface area contributed by atoms with Crippen molar-refractivity contribution in [2.45, 2.75) is 6.10 Å². The van der Waals surface area contributed by atoms with Crippen molar-refractivity contribution in [1.29, 1.82) is 0 Å². The summed E-state index contributed by atoms with van der Waals surface area (Å²) in [7, 11) is 0. The average molecular weight is 332 g/mol. The second-order valence-electron chi connectivity index (χ2n) is 7.37. The van der Waals surface area contributed by atoms with E-state index in [-0.39, 0.29) is 5.78 Å². The first-order valence-electron chi connectivity index (χ1n) is 8.84. The van der Waals surface area contributed by atoms with Crippen LogP contribution in [0.5, 0.6) is 0 Å². The Hall–Kier alpha value is -3.23. The minimum absolute atomic E-state index is 0.197. The van der Waals surface area contributed by atoms with Gasteiger partial charge in [-0.3, -0.25) is 4.79 Å². The number of aliphatic hydroxyl groups excluding tert-OH is 1. The number of rotatable bonds is 0. The number of carbonyl (C=O) groups is 1. The van der Waals surface area contributed by atoms with E-state index in [9.17, 15) is 9.90 Å². The van der Waals surface area contributed by atoms with E-state index in [4.69, 9.17) is 0 Å². The number of hydrogen-bond acceptors (Lipinski definition) is 2. The highest BCUT2D eigenvalue weighted by atomic mass is 16.3. The topological polar surface area (TPSA) is 37.3 Å². The fraction of sp³-hybridized carbons (Fsp3) is 0.0417. The zero-order valence-electron chi connectivity index (χ0n) is 13.7. The zero-order chi connectivity index (χ0) is 17.2. The number of Topliss-reactive ketones (excluding diaryl/α,β-unsaturated/α-hetero) is 1. The van der Waals surface area contributed by atoms with E-state index in [1.54, 1.807) is 0 Å². The Balaban J connectivity index is 2.04. The SMILES string of the molecule is O=C1c2ccc3ccc4ccc5ccc6ccc(c7c2c3c4c5c67)C1O. The Kier molecular flexibility index (Phi) is 1.98. The summed E-state index contributed by atoms with van der Waals surface area (Å²) >= 11 is 0. The number of hydrogen-bond donors (Lipinski definition) is 1. The molecule has 2 nitrogen and oxygen atoms in total. The number of benzene rings is 6. The second-order valence-corrected chi connectivity index (χ2v) is 7.37. The molecule has 7 rings (SSSR count). The summed E-state index contributed by atoms with van der Waals surface area (Å²) in [4.78, 5) is 12.9. The molecule has 6 aromatic carbocycles. The van der Waals surface area contributed by atoms with Gasteiger partial charge in [-0.05, 0) is 54.0 Å². The lowest BCUT2D eigenvalue weighted by molar-refractivity contribution is 0.0749. The smallest absolute Gasteiger partial charge is 0.196 e. The van der Waals surface area contributed by atoms with Crippen molar-refractivity contribution in [3.63, 3.8) is 0 Å². The molecule has 0 aliphatic heterocycles. The van der Waals surface area contributed by atoms with Crippen LogP contribution in [0.3, 0.4) is 0 Å². The predicted molar refractivity (Wildman–Crippen MR) is 106 cm³/mol. The maximum absolute atomic E-state index is 12.9. The van der Waals surface area contributed by atoms with Gasteiger partial charge in [-0.25, -0.2) is 0 Å². The highest BCUT2D eigenvalue weighted by molar-refractivity contribution is 6.43. The Bertz CT molecular complexity index is 1550. The third kappa shape index (κ3) is 1.21. The molecule has 1 unspecified atom stereocenters. The average Bonchev–Trinajstić information content (AvgIpc) is 2.69. The lowest BCUT2D eigenvalue weighted by atomic mass is 9.78. The van der Waals surface area contributed by atoms with E-state index in [2.05, 4.69) is 36.4 Å². The van der Waals surface area contributed by atoms with Crippen molar-refractivity contribution < 1.29 is 9.90 Å². The molecule has 1 N–H and O–H groups in total. The molecule has 0 heterocycles. The third-order valence-corrected chi connectivity index (χ3v) is 6.22. The van der Waals surface area contributed by atoms with Crippen LogP contribution in [0.4, 0.5) is 0 Å². The summed E-state index contributed by atoms with van der Waals surface area (Å²) in [6.07, 6.45) is -1.08. The van der Waals surface area contributed by atoms with E-state index in [1.807, 2.05) is 24.3 Å². The van der Waals surface area contributed by atoms with Crippen molar-refractivity contribution in [3.05, 3.63) is 71.8 Å². The molecule has 0 fully saturated rings. The zero-order valence-corrected chi connectivity index (χ0v) is 13.7. The molecule has 1 aliphatic carbocycles. The lowest BCUT2D eigenvalue weighted by Crippen LogP contribution is -2.17. The van der Waals surface area contributed by atoms with Gasteiger partial charge in [-0.2, -0.15) is 0 Å². The first-order chi connectivity index (χ1) is 12.7. The maximum Gasteiger partial charge on any atom is 0.196 e. The predicted octanol–water partition coefficient (Wildman–Crippen LogP) is 5.56. The molecule has 2 heteroatoms. The van der Waals surface area contributed by atoms with E-state index in [0.29, 0.717) is 5.56 Å². The molecule has 6 aromatic rings. The lowest BCUT2D eigenvalue weighted by Gasteiger charge is -2.26. The van der Waals surface area contributed by atoms with Crippen molar-refractivity contribution >= 4 is 59.6 Å². The summed E-state index contributed by atoms with van der Waals surface area (Å²) in [5, 5.41) is 22.3. The Morgan fingerprint density at radius 3 is 1.54 bits per heavy atom. The quantitative estimate of drug-likeness (QED) is 0.292. The minimum Gasteiger partial charge on any atom is -0.380 e. The van der Waals surface area contributed by atoms with Crippen LogP contribution in [0.15, 0.2) is 60.7 Å². The van der Waals surface area contributed by atoms with Gasteiger partial charge in [0.15, 0.2) is 5.78 Å². The fourth-order valence-electron chi connectivity index (χ4n) is 5.13. The molecular formula is C24H12O2. The van der Waals surface area contributed by atoms with Gasteiger partial charge in [0.2, 0.25) is 0 Å². The molecular weight excluding hydrogens is 320 g/mol. The van der Waals surface area contributed by atoms with Gasteiger partial charge in [0.1, 0.15) is 6.10 Å². The largest absolute Gasteiger partial charge is 0.380 e. The standard InChI is InChI=1S/C24H12O2/c25-23-15-9-7-13-5-3-11-1-2-12-4-6-14-8-10-16(24(23)26)22-20(14)18(12)17(11)19(13)21(15)22/h1-10,23,25H. The summed E-state index contributed by atoms with van der Waals surface area (Å²) in [6.45, 7) is 0. The molecule has 1 atom stereocenters. The second kappa shape index (κ2) is 3.95. The molecule has 0 spiro atoms. The van der Waals surface area contributed by atoms with Crippen LogP contribution in [-0.2, 0) is 0 Å². The summed E-state index contributed by atoms with van der Waals surface area (Å²) in [5.74, 6) is -0.197. The number of aliphatic hydroxyl groups is 1. The Morgan fingerprint density at radius 1 is 0.538 bits per heavy atom. The van der Waals surface area contributed by atoms with Crippen LogP contribution >= 0.6 is 0 Å².